The van der Waals surface area contributed by atoms with Crippen LogP contribution >= 0.6 is 22.6 Å². The third kappa shape index (κ3) is 9.61. The zero-order valence-corrected chi connectivity index (χ0v) is 37.1. The van der Waals surface area contributed by atoms with Gasteiger partial charge in [-0.1, -0.05) is 85.4 Å². The number of carbonyl (C=O) groups is 2. The number of rotatable bonds is 10. The second-order valence-electron chi connectivity index (χ2n) is 17.8. The van der Waals surface area contributed by atoms with Gasteiger partial charge in [-0.05, 0) is 52.9 Å². The lowest BCUT2D eigenvalue weighted by molar-refractivity contribution is 0.0846. The molecular formula is C43H53IN8O3Si. The van der Waals surface area contributed by atoms with Gasteiger partial charge in [0.15, 0.2) is 22.9 Å². The molecule has 3 N–H and O–H groups in total. The summed E-state index contributed by atoms with van der Waals surface area (Å²) in [6, 6.07) is 17.7. The Labute approximate surface area is 344 Å². The van der Waals surface area contributed by atoms with Crippen molar-refractivity contribution in [2.45, 2.75) is 80.0 Å². The van der Waals surface area contributed by atoms with Crippen molar-refractivity contribution in [2.75, 3.05) is 24.6 Å². The van der Waals surface area contributed by atoms with E-state index >= 15 is 0 Å². The predicted octanol–water partition coefficient (Wildman–Crippen LogP) is 9.25. The Bertz CT molecular complexity index is 2380. The number of anilines is 1. The van der Waals surface area contributed by atoms with E-state index in [0.717, 1.165) is 50.9 Å². The highest BCUT2D eigenvalue weighted by Gasteiger charge is 2.29. The number of Topliss-reactive ketones (excluding diaryl/α,β-unsaturated/α-hetero) is 2. The van der Waals surface area contributed by atoms with Gasteiger partial charge in [-0.25, -0.2) is 19.9 Å². The first kappa shape index (κ1) is 41.3. The Morgan fingerprint density at radius 2 is 1.48 bits per heavy atom. The van der Waals surface area contributed by atoms with Crippen molar-refractivity contribution >= 4 is 70.2 Å². The van der Waals surface area contributed by atoms with E-state index in [2.05, 4.69) is 80.3 Å². The number of hydrogen-bond acceptors (Lipinski definition) is 9. The molecule has 5 heterocycles. The highest BCUT2D eigenvalue weighted by molar-refractivity contribution is 14.1. The Morgan fingerprint density at radius 3 is 2.11 bits per heavy atom. The zero-order valence-electron chi connectivity index (χ0n) is 33.9. The monoisotopic (exact) mass is 884 g/mol. The van der Waals surface area contributed by atoms with Gasteiger partial charge in [0, 0.05) is 77.4 Å². The predicted molar refractivity (Wildman–Crippen MR) is 237 cm³/mol. The molecule has 0 bridgehead atoms. The van der Waals surface area contributed by atoms with Crippen LogP contribution in [0, 0.1) is 14.4 Å². The Hall–Kier alpha value is -4.31. The fourth-order valence-corrected chi connectivity index (χ4v) is 7.54. The molecule has 0 unspecified atom stereocenters. The molecule has 1 aliphatic rings. The van der Waals surface area contributed by atoms with E-state index in [0.29, 0.717) is 46.8 Å². The normalized spacial score (nSPS) is 13.8. The van der Waals surface area contributed by atoms with E-state index < -0.39 is 18.9 Å². The lowest BCUT2D eigenvalue weighted by Gasteiger charge is -2.39. The second-order valence-corrected chi connectivity index (χ2v) is 24.7. The molecule has 0 spiro atoms. The number of halogens is 1. The minimum Gasteiger partial charge on any atom is -0.368 e. The van der Waals surface area contributed by atoms with E-state index in [1.165, 1.54) is 0 Å². The van der Waals surface area contributed by atoms with Gasteiger partial charge < -0.3 is 24.9 Å². The first-order chi connectivity index (χ1) is 26.3. The van der Waals surface area contributed by atoms with Crippen LogP contribution in [0.5, 0.6) is 0 Å². The molecule has 11 nitrogen and oxygen atoms in total. The average Bonchev–Trinajstić information content (AvgIpc) is 3.71. The van der Waals surface area contributed by atoms with Gasteiger partial charge in [0.1, 0.15) is 17.8 Å². The first-order valence-electron chi connectivity index (χ1n) is 19.0. The zero-order chi connectivity index (χ0) is 40.6. The number of nitrogens with one attached hydrogen (secondary N) is 1. The van der Waals surface area contributed by atoms with Crippen LogP contribution in [0.4, 0.5) is 5.69 Å². The van der Waals surface area contributed by atoms with Crippen LogP contribution in [-0.2, 0) is 11.5 Å². The van der Waals surface area contributed by atoms with Crippen LogP contribution in [0.1, 0.15) is 62.3 Å². The van der Waals surface area contributed by atoms with Crippen LogP contribution in [0.25, 0.3) is 44.8 Å². The summed E-state index contributed by atoms with van der Waals surface area (Å²) in [6.07, 6.45) is 7.08. The third-order valence-electron chi connectivity index (χ3n) is 9.56. The third-order valence-corrected chi connectivity index (χ3v) is 11.9. The van der Waals surface area contributed by atoms with E-state index in [4.69, 9.17) is 20.4 Å². The molecule has 0 amide bonds. The molecular weight excluding hydrogens is 832 g/mol. The summed E-state index contributed by atoms with van der Waals surface area (Å²) >= 11 is 2.29. The maximum Gasteiger partial charge on any atom is 0.171 e. The van der Waals surface area contributed by atoms with Gasteiger partial charge in [0.2, 0.25) is 0 Å². The number of aromatic nitrogens is 6. The molecule has 0 saturated carbocycles. The topological polar surface area (TPSA) is 145 Å². The Balaban J connectivity index is 0.000000191. The summed E-state index contributed by atoms with van der Waals surface area (Å²) in [5.41, 5.74) is 13.3. The molecule has 0 radical (unpaired) electrons. The molecule has 0 aliphatic carbocycles. The van der Waals surface area contributed by atoms with Gasteiger partial charge in [-0.3, -0.25) is 9.59 Å². The van der Waals surface area contributed by atoms with Gasteiger partial charge in [0.05, 0.1) is 34.9 Å². The number of benzene rings is 2. The lowest BCUT2D eigenvalue weighted by Crippen LogP contribution is -2.55. The van der Waals surface area contributed by atoms with Crippen LogP contribution in [0.2, 0.25) is 25.7 Å². The highest BCUT2D eigenvalue weighted by Crippen LogP contribution is 2.31. The number of nitrogens with two attached hydrogens (primary N) is 1. The largest absolute Gasteiger partial charge is 0.368 e. The summed E-state index contributed by atoms with van der Waals surface area (Å²) in [5.74, 6) is 0.112. The molecule has 1 saturated heterocycles. The number of H-pyrrole nitrogens is 1. The number of carbonyl (C=O) groups excluding carboxylic acids is 2. The smallest absolute Gasteiger partial charge is 0.171 e. The Morgan fingerprint density at radius 1 is 0.875 bits per heavy atom. The van der Waals surface area contributed by atoms with Gasteiger partial charge >= 0.3 is 0 Å². The fraction of sp³-hybridized carbons (Fsp3) is 0.395. The summed E-state index contributed by atoms with van der Waals surface area (Å²) in [6.45, 7) is 21.3. The molecule has 7 rings (SSSR count). The molecule has 1 fully saturated rings. The SMILES string of the molecule is CC(C)(C)C(=O)c1c[nH]c2ncc(-c3cccc(N4CC(N)C4)c3)nc12.CC(C)(C)C(=O)c1cn(COCC[Si](C)(C)C)c2ncc(-c3cccc(I)c3)nc12. The lowest BCUT2D eigenvalue weighted by atomic mass is 9.87. The van der Waals surface area contributed by atoms with Gasteiger partial charge in [-0.2, -0.15) is 0 Å². The van der Waals surface area contributed by atoms with E-state index in [-0.39, 0.29) is 17.6 Å². The van der Waals surface area contributed by atoms with Crippen molar-refractivity contribution in [1.82, 2.24) is 29.5 Å². The molecule has 6 aromatic rings. The number of nitrogens with zero attached hydrogens (tertiary/aromatic N) is 6. The number of ether oxygens (including phenoxy) is 1. The summed E-state index contributed by atoms with van der Waals surface area (Å²) in [7, 11) is -1.15. The number of hydrogen-bond donors (Lipinski definition) is 2. The van der Waals surface area contributed by atoms with Crippen molar-refractivity contribution in [1.29, 1.82) is 0 Å². The number of fused-ring (bicyclic) bond motifs is 2. The molecule has 4 aromatic heterocycles. The van der Waals surface area contributed by atoms with Crippen molar-refractivity contribution < 1.29 is 14.3 Å². The maximum absolute atomic E-state index is 13.1. The molecule has 56 heavy (non-hydrogen) atoms. The van der Waals surface area contributed by atoms with Gasteiger partial charge in [-0.15, -0.1) is 0 Å². The van der Waals surface area contributed by atoms with Crippen LogP contribution in [-0.4, -0.2) is 74.9 Å². The summed E-state index contributed by atoms with van der Waals surface area (Å²) < 4.78 is 8.97. The quantitative estimate of drug-likeness (QED) is 0.0596. The van der Waals surface area contributed by atoms with Crippen LogP contribution in [0.3, 0.4) is 0 Å². The van der Waals surface area contributed by atoms with E-state index in [1.807, 2.05) is 82.6 Å². The maximum atomic E-state index is 13.1. The molecule has 294 valence electrons. The summed E-state index contributed by atoms with van der Waals surface area (Å²) in [5, 5.41) is 0. The minimum atomic E-state index is -1.15. The molecule has 1 aliphatic heterocycles. The first-order valence-corrected chi connectivity index (χ1v) is 23.8. The van der Waals surface area contributed by atoms with Crippen LogP contribution in [0.15, 0.2) is 73.3 Å². The van der Waals surface area contributed by atoms with Gasteiger partial charge in [0.25, 0.3) is 0 Å². The number of ketones is 2. The minimum absolute atomic E-state index is 0.0542. The Kier molecular flexibility index (Phi) is 12.0. The molecule has 13 heteroatoms. The van der Waals surface area contributed by atoms with Crippen molar-refractivity contribution in [3.63, 3.8) is 0 Å². The molecule has 2 aromatic carbocycles. The second kappa shape index (κ2) is 16.3. The van der Waals surface area contributed by atoms with Crippen molar-refractivity contribution in [3.05, 3.63) is 88.0 Å². The van der Waals surface area contributed by atoms with Crippen molar-refractivity contribution in [2.24, 2.45) is 16.6 Å². The highest BCUT2D eigenvalue weighted by atomic mass is 127. The fourth-order valence-electron chi connectivity index (χ4n) is 6.24. The van der Waals surface area contributed by atoms with Crippen LogP contribution < -0.4 is 10.6 Å². The van der Waals surface area contributed by atoms with E-state index in [9.17, 15) is 9.59 Å². The standard InChI is InChI=1S/C23H30IN3O2Si.C20H23N5O/c1-23(2,3)21(28)18-14-27(15-29-10-11-30(4,5)6)22-20(18)26-19(13-25-22)16-8-7-9-17(24)12-16;1-20(2,3)18(26)15-8-22-19-17(15)24-16(9-23-19)12-5-4-6-14(7-12)25-10-13(21)11-25/h7-9,12-14H,10-11,15H2,1-6H3;4-9,13H,10-11,21H2,1-3H3,(H,22,23). The molecule has 0 atom stereocenters. The average molecular weight is 885 g/mol. The summed E-state index contributed by atoms with van der Waals surface area (Å²) in [4.78, 5) is 49.9. The van der Waals surface area contributed by atoms with E-state index in [1.54, 1.807) is 18.6 Å². The van der Waals surface area contributed by atoms with Crippen molar-refractivity contribution in [3.8, 4) is 22.5 Å². The number of aromatic amines is 1.